The average molecular weight is 340 g/mol. The minimum Gasteiger partial charge on any atom is -0.325 e. The van der Waals surface area contributed by atoms with Gasteiger partial charge in [-0.3, -0.25) is 14.4 Å². The van der Waals surface area contributed by atoms with E-state index in [1.54, 1.807) is 0 Å². The summed E-state index contributed by atoms with van der Waals surface area (Å²) < 4.78 is 1.85. The van der Waals surface area contributed by atoms with Crippen LogP contribution < -0.4 is 5.32 Å². The number of amides is 1. The van der Waals surface area contributed by atoms with Gasteiger partial charge in [-0.25, -0.2) is 0 Å². The Labute approximate surface area is 150 Å². The summed E-state index contributed by atoms with van der Waals surface area (Å²) in [5.74, 6) is 1.09. The highest BCUT2D eigenvalue weighted by atomic mass is 16.2. The second-order valence-electron chi connectivity index (χ2n) is 7.41. The summed E-state index contributed by atoms with van der Waals surface area (Å²) in [5, 5.41) is 7.33. The van der Waals surface area contributed by atoms with E-state index in [-0.39, 0.29) is 5.91 Å². The molecule has 1 amide bonds. The van der Waals surface area contributed by atoms with Crippen molar-refractivity contribution in [3.05, 3.63) is 47.8 Å². The van der Waals surface area contributed by atoms with E-state index in [4.69, 9.17) is 0 Å². The van der Waals surface area contributed by atoms with Crippen LogP contribution in [-0.2, 0) is 18.3 Å². The molecule has 1 saturated heterocycles. The fourth-order valence-electron chi connectivity index (χ4n) is 3.64. The van der Waals surface area contributed by atoms with Gasteiger partial charge in [0.25, 0.3) is 0 Å². The van der Waals surface area contributed by atoms with Crippen LogP contribution in [0.15, 0.2) is 36.7 Å². The van der Waals surface area contributed by atoms with Crippen LogP contribution >= 0.6 is 0 Å². The molecule has 1 aliphatic heterocycles. The molecule has 134 valence electrons. The summed E-state index contributed by atoms with van der Waals surface area (Å²) in [4.78, 5) is 14.7. The summed E-state index contributed by atoms with van der Waals surface area (Å²) in [5.41, 5.74) is 3.41. The first-order chi connectivity index (χ1) is 12.0. The van der Waals surface area contributed by atoms with Crippen LogP contribution in [0.2, 0.25) is 0 Å². The molecule has 25 heavy (non-hydrogen) atoms. The highest BCUT2D eigenvalue weighted by molar-refractivity contribution is 5.93. The van der Waals surface area contributed by atoms with E-state index in [0.717, 1.165) is 31.6 Å². The van der Waals surface area contributed by atoms with Crippen LogP contribution in [-0.4, -0.2) is 40.2 Å². The normalized spacial score (nSPS) is 18.0. The molecule has 1 unspecified atom stereocenters. The summed E-state index contributed by atoms with van der Waals surface area (Å²) >= 11 is 0. The van der Waals surface area contributed by atoms with Crippen LogP contribution in [0.3, 0.4) is 0 Å². The topological polar surface area (TPSA) is 50.2 Å². The largest absolute Gasteiger partial charge is 0.325 e. The van der Waals surface area contributed by atoms with Crippen molar-refractivity contribution in [2.24, 2.45) is 13.0 Å². The van der Waals surface area contributed by atoms with Crippen LogP contribution in [0.25, 0.3) is 0 Å². The zero-order valence-electron chi connectivity index (χ0n) is 15.4. The summed E-state index contributed by atoms with van der Waals surface area (Å²) in [6.45, 7) is 6.73. The first-order valence-corrected chi connectivity index (χ1v) is 9.10. The average Bonchev–Trinajstić information content (AvgIpc) is 3.17. The molecule has 0 saturated carbocycles. The number of carbonyl (C=O) groups is 1. The molecule has 0 bridgehead atoms. The molecule has 1 fully saturated rings. The lowest BCUT2D eigenvalue weighted by atomic mass is 10.0. The van der Waals surface area contributed by atoms with Gasteiger partial charge in [-0.15, -0.1) is 0 Å². The van der Waals surface area contributed by atoms with Crippen molar-refractivity contribution in [2.45, 2.75) is 32.6 Å². The Morgan fingerprint density at radius 2 is 2.16 bits per heavy atom. The van der Waals surface area contributed by atoms with E-state index in [2.05, 4.69) is 41.4 Å². The van der Waals surface area contributed by atoms with Crippen molar-refractivity contribution in [2.75, 3.05) is 25.0 Å². The third kappa shape index (κ3) is 4.69. The SMILES string of the molecule is CC(C)c1ccccc1NC(=O)CN1CCC(Cc2cnn(C)c2)C1. The smallest absolute Gasteiger partial charge is 0.238 e. The van der Waals surface area contributed by atoms with Crippen molar-refractivity contribution < 1.29 is 4.79 Å². The van der Waals surface area contributed by atoms with E-state index in [1.807, 2.05) is 36.1 Å². The predicted octanol–water partition coefficient (Wildman–Crippen LogP) is 3.05. The maximum atomic E-state index is 12.4. The zero-order valence-corrected chi connectivity index (χ0v) is 15.4. The molecule has 2 heterocycles. The van der Waals surface area contributed by atoms with E-state index in [0.29, 0.717) is 18.4 Å². The number of hydrogen-bond acceptors (Lipinski definition) is 3. The van der Waals surface area contributed by atoms with Gasteiger partial charge in [0.2, 0.25) is 5.91 Å². The Bertz CT molecular complexity index is 722. The summed E-state index contributed by atoms with van der Waals surface area (Å²) in [6.07, 6.45) is 6.21. The first kappa shape index (κ1) is 17.7. The maximum Gasteiger partial charge on any atom is 0.238 e. The molecule has 1 aromatic carbocycles. The predicted molar refractivity (Wildman–Crippen MR) is 101 cm³/mol. The third-order valence-corrected chi connectivity index (χ3v) is 4.88. The Kier molecular flexibility index (Phi) is 5.53. The minimum atomic E-state index is 0.0788. The number of nitrogens with one attached hydrogen (secondary N) is 1. The van der Waals surface area contributed by atoms with Gasteiger partial charge in [0.15, 0.2) is 0 Å². The second kappa shape index (κ2) is 7.83. The fourth-order valence-corrected chi connectivity index (χ4v) is 3.64. The molecule has 3 rings (SSSR count). The quantitative estimate of drug-likeness (QED) is 0.879. The van der Waals surface area contributed by atoms with Crippen molar-refractivity contribution in [3.63, 3.8) is 0 Å². The second-order valence-corrected chi connectivity index (χ2v) is 7.41. The lowest BCUT2D eigenvalue weighted by molar-refractivity contribution is -0.117. The van der Waals surface area contributed by atoms with Crippen LogP contribution in [0, 0.1) is 5.92 Å². The molecule has 1 N–H and O–H groups in total. The molecule has 5 heteroatoms. The molecule has 2 aromatic rings. The van der Waals surface area contributed by atoms with Crippen molar-refractivity contribution in [1.82, 2.24) is 14.7 Å². The van der Waals surface area contributed by atoms with Crippen LogP contribution in [0.5, 0.6) is 0 Å². The van der Waals surface area contributed by atoms with E-state index in [1.165, 1.54) is 11.1 Å². The number of carbonyl (C=O) groups excluding carboxylic acids is 1. The summed E-state index contributed by atoms with van der Waals surface area (Å²) in [7, 11) is 1.95. The molecule has 0 radical (unpaired) electrons. The standard InChI is InChI=1S/C20H28N4O/c1-15(2)18-6-4-5-7-19(18)22-20(25)14-24-9-8-16(13-24)10-17-11-21-23(3)12-17/h4-7,11-12,15-16H,8-10,13-14H2,1-3H3,(H,22,25). The lowest BCUT2D eigenvalue weighted by Crippen LogP contribution is -2.32. The van der Waals surface area contributed by atoms with Crippen molar-refractivity contribution in [1.29, 1.82) is 0 Å². The van der Waals surface area contributed by atoms with Gasteiger partial charge in [0.05, 0.1) is 12.7 Å². The maximum absolute atomic E-state index is 12.4. The number of aryl methyl sites for hydroxylation is 1. The van der Waals surface area contributed by atoms with Gasteiger partial charge in [-0.05, 0) is 48.4 Å². The number of rotatable bonds is 6. The number of likely N-dealkylation sites (tertiary alicyclic amines) is 1. The molecular formula is C20H28N4O. The number of nitrogens with zero attached hydrogens (tertiary/aromatic N) is 3. The van der Waals surface area contributed by atoms with Gasteiger partial charge in [-0.1, -0.05) is 32.0 Å². The van der Waals surface area contributed by atoms with Gasteiger partial charge in [0.1, 0.15) is 0 Å². The molecule has 1 aliphatic rings. The van der Waals surface area contributed by atoms with E-state index >= 15 is 0 Å². The zero-order chi connectivity index (χ0) is 17.8. The molecule has 0 aliphatic carbocycles. The van der Waals surface area contributed by atoms with Gasteiger partial charge in [0, 0.05) is 25.5 Å². The molecule has 1 aromatic heterocycles. The highest BCUT2D eigenvalue weighted by Gasteiger charge is 2.24. The van der Waals surface area contributed by atoms with Gasteiger partial charge < -0.3 is 5.32 Å². The Morgan fingerprint density at radius 1 is 1.36 bits per heavy atom. The Morgan fingerprint density at radius 3 is 2.88 bits per heavy atom. The first-order valence-electron chi connectivity index (χ1n) is 9.10. The van der Waals surface area contributed by atoms with E-state index in [9.17, 15) is 4.79 Å². The molecule has 0 spiro atoms. The summed E-state index contributed by atoms with van der Waals surface area (Å²) in [6, 6.07) is 8.07. The highest BCUT2D eigenvalue weighted by Crippen LogP contribution is 2.24. The van der Waals surface area contributed by atoms with Crippen molar-refractivity contribution >= 4 is 11.6 Å². The third-order valence-electron chi connectivity index (χ3n) is 4.88. The Hall–Kier alpha value is -2.14. The fraction of sp³-hybridized carbons (Fsp3) is 0.500. The number of hydrogen-bond donors (Lipinski definition) is 1. The number of aromatic nitrogens is 2. The minimum absolute atomic E-state index is 0.0788. The van der Waals surface area contributed by atoms with Gasteiger partial charge >= 0.3 is 0 Å². The molecule has 1 atom stereocenters. The monoisotopic (exact) mass is 340 g/mol. The van der Waals surface area contributed by atoms with Crippen LogP contribution in [0.1, 0.15) is 37.3 Å². The Balaban J connectivity index is 1.51. The van der Waals surface area contributed by atoms with E-state index < -0.39 is 0 Å². The number of anilines is 1. The van der Waals surface area contributed by atoms with Gasteiger partial charge in [-0.2, -0.15) is 5.10 Å². The number of benzene rings is 1. The lowest BCUT2D eigenvalue weighted by Gasteiger charge is -2.17. The number of para-hydroxylation sites is 1. The molecule has 5 nitrogen and oxygen atoms in total. The van der Waals surface area contributed by atoms with Crippen molar-refractivity contribution in [3.8, 4) is 0 Å². The molecular weight excluding hydrogens is 312 g/mol. The van der Waals surface area contributed by atoms with Crippen LogP contribution in [0.4, 0.5) is 5.69 Å².